The average molecular weight is 470 g/mol. The van der Waals surface area contributed by atoms with E-state index in [1.807, 2.05) is 35.9 Å². The van der Waals surface area contributed by atoms with Crippen LogP contribution in [0.3, 0.4) is 0 Å². The number of fused-ring (bicyclic) bond motifs is 2. The summed E-state index contributed by atoms with van der Waals surface area (Å²) in [6, 6.07) is 12.4. The Bertz CT molecular complexity index is 1280. The Morgan fingerprint density at radius 3 is 2.50 bits per heavy atom. The number of nitrogens with zero attached hydrogens (tertiary/aromatic N) is 1. The molecule has 8 heteroatoms. The van der Waals surface area contributed by atoms with Crippen LogP contribution in [0.15, 0.2) is 54.7 Å². The van der Waals surface area contributed by atoms with Crippen LogP contribution in [0.2, 0.25) is 0 Å². The molecule has 3 saturated carbocycles. The predicted molar refractivity (Wildman–Crippen MR) is 120 cm³/mol. The number of nitrogens with one attached hydrogen (secondary N) is 1. The zero-order valence-corrected chi connectivity index (χ0v) is 18.7. The van der Waals surface area contributed by atoms with Gasteiger partial charge in [-0.05, 0) is 60.4 Å². The van der Waals surface area contributed by atoms with E-state index in [1.165, 1.54) is 12.1 Å². The number of hydrogen-bond donors (Lipinski definition) is 2. The van der Waals surface area contributed by atoms with Gasteiger partial charge in [0.15, 0.2) is 0 Å². The average Bonchev–Trinajstić information content (AvgIpc) is 3.43. The fraction of sp³-hybridized carbons (Fsp3) is 0.385. The van der Waals surface area contributed by atoms with E-state index in [0.29, 0.717) is 24.1 Å². The summed E-state index contributed by atoms with van der Waals surface area (Å²) in [6.45, 7) is 2.35. The maximum Gasteiger partial charge on any atom is 0.416 e. The Hall–Kier alpha value is -3.29. The van der Waals surface area contributed by atoms with Gasteiger partial charge in [-0.25, -0.2) is 0 Å². The second-order valence-corrected chi connectivity index (χ2v) is 9.82. The monoisotopic (exact) mass is 470 g/mol. The molecule has 2 unspecified atom stereocenters. The number of benzene rings is 2. The molecule has 34 heavy (non-hydrogen) atoms. The molecule has 5 nitrogen and oxygen atoms in total. The fourth-order valence-corrected chi connectivity index (χ4v) is 6.16. The number of rotatable bonds is 6. The maximum atomic E-state index is 13.4. The van der Waals surface area contributed by atoms with Crippen LogP contribution in [0.25, 0.3) is 10.9 Å². The summed E-state index contributed by atoms with van der Waals surface area (Å²) >= 11 is 0. The minimum absolute atomic E-state index is 0.0817. The Morgan fingerprint density at radius 2 is 1.85 bits per heavy atom. The molecule has 1 amide bonds. The molecule has 3 atom stereocenters. The van der Waals surface area contributed by atoms with Crippen molar-refractivity contribution in [1.29, 1.82) is 0 Å². The molecule has 0 spiro atoms. The quantitative estimate of drug-likeness (QED) is 0.502. The standard InChI is InChI=1S/C26H25F3N2O3/c1-16-24(13-21(32)33)10-11-25(16,15-24)30-23(34)20-4-2-3-18-9-12-31(22(18)20)14-17-5-7-19(8-6-17)26(27,28)29/h2-9,12,16H,10-11,13-15H2,1H3,(H,30,34)(H,32,33)/t16-,24?,25?/m0/s1. The topological polar surface area (TPSA) is 71.3 Å². The summed E-state index contributed by atoms with van der Waals surface area (Å²) in [5.74, 6) is -0.937. The highest BCUT2D eigenvalue weighted by Gasteiger charge is 2.67. The van der Waals surface area contributed by atoms with Gasteiger partial charge < -0.3 is 15.0 Å². The number of para-hydroxylation sites is 1. The number of carbonyl (C=O) groups is 2. The van der Waals surface area contributed by atoms with Crippen LogP contribution in [0.5, 0.6) is 0 Å². The lowest BCUT2D eigenvalue weighted by atomic mass is 9.55. The number of carbonyl (C=O) groups excluding carboxylic acids is 1. The number of halogens is 3. The van der Waals surface area contributed by atoms with Crippen LogP contribution in [0.4, 0.5) is 13.2 Å². The molecule has 178 valence electrons. The molecule has 1 aromatic heterocycles. The van der Waals surface area contributed by atoms with Gasteiger partial charge >= 0.3 is 12.1 Å². The van der Waals surface area contributed by atoms with E-state index in [-0.39, 0.29) is 29.2 Å². The van der Waals surface area contributed by atoms with Crippen LogP contribution >= 0.6 is 0 Å². The van der Waals surface area contributed by atoms with Gasteiger partial charge in [-0.3, -0.25) is 9.59 Å². The summed E-state index contributed by atoms with van der Waals surface area (Å²) < 4.78 is 40.5. The predicted octanol–water partition coefficient (Wildman–Crippen LogP) is 5.47. The first kappa shape index (κ1) is 22.5. The minimum Gasteiger partial charge on any atom is -0.481 e. The number of amides is 1. The third kappa shape index (κ3) is 3.56. The molecule has 0 aliphatic heterocycles. The van der Waals surface area contributed by atoms with Crippen molar-refractivity contribution in [1.82, 2.24) is 9.88 Å². The number of carboxylic acid groups (broad SMARTS) is 1. The van der Waals surface area contributed by atoms with Crippen LogP contribution in [-0.4, -0.2) is 27.1 Å². The molecule has 2 bridgehead atoms. The second kappa shape index (κ2) is 7.61. The first-order valence-electron chi connectivity index (χ1n) is 11.3. The van der Waals surface area contributed by atoms with Crippen molar-refractivity contribution in [3.05, 3.63) is 71.4 Å². The third-order valence-corrected chi connectivity index (χ3v) is 8.02. The number of hydrogen-bond acceptors (Lipinski definition) is 2. The number of aliphatic carboxylic acids is 1. The Morgan fingerprint density at radius 1 is 1.12 bits per heavy atom. The number of alkyl halides is 3. The Labute approximate surface area is 194 Å². The van der Waals surface area contributed by atoms with Crippen molar-refractivity contribution < 1.29 is 27.9 Å². The molecular formula is C26H25F3N2O3. The highest BCUT2D eigenvalue weighted by molar-refractivity contribution is 6.06. The van der Waals surface area contributed by atoms with Crippen LogP contribution < -0.4 is 5.32 Å². The highest BCUT2D eigenvalue weighted by Crippen LogP contribution is 2.67. The maximum absolute atomic E-state index is 13.4. The first-order valence-corrected chi connectivity index (χ1v) is 11.3. The fourth-order valence-electron chi connectivity index (χ4n) is 6.16. The lowest BCUT2D eigenvalue weighted by Crippen LogP contribution is -2.62. The van der Waals surface area contributed by atoms with Crippen molar-refractivity contribution in [2.45, 2.75) is 50.9 Å². The van der Waals surface area contributed by atoms with Gasteiger partial charge in [0.05, 0.1) is 23.1 Å². The van der Waals surface area contributed by atoms with Gasteiger partial charge in [0.25, 0.3) is 5.91 Å². The molecular weight excluding hydrogens is 445 g/mol. The molecule has 2 aromatic carbocycles. The zero-order chi connectivity index (χ0) is 24.3. The van der Waals surface area contributed by atoms with E-state index in [4.69, 9.17) is 0 Å². The molecule has 3 fully saturated rings. The lowest BCUT2D eigenvalue weighted by molar-refractivity contribution is -0.143. The summed E-state index contributed by atoms with van der Waals surface area (Å²) in [5, 5.41) is 13.4. The van der Waals surface area contributed by atoms with E-state index in [9.17, 15) is 27.9 Å². The van der Waals surface area contributed by atoms with Crippen molar-refractivity contribution in [3.8, 4) is 0 Å². The summed E-state index contributed by atoms with van der Waals surface area (Å²) in [6.07, 6.45) is -0.217. The third-order valence-electron chi connectivity index (χ3n) is 8.02. The highest BCUT2D eigenvalue weighted by atomic mass is 19.4. The van der Waals surface area contributed by atoms with Gasteiger partial charge in [-0.1, -0.05) is 31.2 Å². The second-order valence-electron chi connectivity index (χ2n) is 9.82. The van der Waals surface area contributed by atoms with E-state index < -0.39 is 17.7 Å². The molecule has 2 N–H and O–H groups in total. The van der Waals surface area contributed by atoms with Gasteiger partial charge in [-0.15, -0.1) is 0 Å². The SMILES string of the molecule is C[C@H]1C2(CC(=O)O)CCC1(NC(=O)c1cccc3ccn(Cc4ccc(C(F)(F)F)cc4)c13)C2. The lowest BCUT2D eigenvalue weighted by Gasteiger charge is -2.54. The largest absolute Gasteiger partial charge is 0.481 e. The van der Waals surface area contributed by atoms with E-state index in [2.05, 4.69) is 5.32 Å². The van der Waals surface area contributed by atoms with Gasteiger partial charge in [0.1, 0.15) is 0 Å². The zero-order valence-electron chi connectivity index (χ0n) is 18.7. The smallest absolute Gasteiger partial charge is 0.416 e. The Kier molecular flexibility index (Phi) is 5.04. The van der Waals surface area contributed by atoms with E-state index in [1.54, 1.807) is 6.07 Å². The van der Waals surface area contributed by atoms with Gasteiger partial charge in [-0.2, -0.15) is 13.2 Å². The summed E-state index contributed by atoms with van der Waals surface area (Å²) in [4.78, 5) is 24.7. The Balaban J connectivity index is 1.39. The number of aromatic nitrogens is 1. The molecule has 0 radical (unpaired) electrons. The molecule has 0 saturated heterocycles. The van der Waals surface area contributed by atoms with Gasteiger partial charge in [0.2, 0.25) is 0 Å². The van der Waals surface area contributed by atoms with Crippen molar-refractivity contribution >= 4 is 22.8 Å². The van der Waals surface area contributed by atoms with E-state index in [0.717, 1.165) is 35.9 Å². The van der Waals surface area contributed by atoms with Gasteiger partial charge in [0, 0.05) is 23.7 Å². The summed E-state index contributed by atoms with van der Waals surface area (Å²) in [5.41, 5.74) is 0.587. The van der Waals surface area contributed by atoms with Crippen LogP contribution in [0.1, 0.15) is 54.1 Å². The van der Waals surface area contributed by atoms with E-state index >= 15 is 0 Å². The van der Waals surface area contributed by atoms with Crippen molar-refractivity contribution in [3.63, 3.8) is 0 Å². The van der Waals surface area contributed by atoms with Crippen LogP contribution in [-0.2, 0) is 17.5 Å². The first-order chi connectivity index (χ1) is 16.0. The number of carboxylic acids is 1. The molecule has 6 rings (SSSR count). The summed E-state index contributed by atoms with van der Waals surface area (Å²) in [7, 11) is 0. The van der Waals surface area contributed by atoms with Crippen molar-refractivity contribution in [2.24, 2.45) is 11.3 Å². The van der Waals surface area contributed by atoms with Crippen LogP contribution in [0, 0.1) is 11.3 Å². The molecule has 3 aliphatic carbocycles. The van der Waals surface area contributed by atoms with Crippen molar-refractivity contribution in [2.75, 3.05) is 0 Å². The molecule has 3 aliphatic rings. The minimum atomic E-state index is -4.38. The molecule has 3 aromatic rings. The normalized spacial score (nSPS) is 25.8. The molecule has 1 heterocycles.